The van der Waals surface area contributed by atoms with E-state index in [1.807, 2.05) is 31.4 Å². The summed E-state index contributed by atoms with van der Waals surface area (Å²) in [6, 6.07) is 11.1. The number of aromatic nitrogens is 1. The molecule has 0 saturated carbocycles. The van der Waals surface area contributed by atoms with E-state index in [2.05, 4.69) is 30.7 Å². The molecule has 0 bridgehead atoms. The van der Waals surface area contributed by atoms with Crippen LogP contribution in [0.2, 0.25) is 0 Å². The number of aryl methyl sites for hydroxylation is 1. The molecule has 2 heterocycles. The van der Waals surface area contributed by atoms with Gasteiger partial charge in [0.2, 0.25) is 0 Å². The molecule has 0 amide bonds. The van der Waals surface area contributed by atoms with Crippen molar-refractivity contribution in [2.45, 2.75) is 6.54 Å². The summed E-state index contributed by atoms with van der Waals surface area (Å²) in [7, 11) is 3.84. The molecule has 0 atom stereocenters. The summed E-state index contributed by atoms with van der Waals surface area (Å²) in [6.45, 7) is 3.95. The van der Waals surface area contributed by atoms with Gasteiger partial charge in [-0.1, -0.05) is 12.1 Å². The molecule has 1 fully saturated rings. The Kier molecular flexibility index (Phi) is 5.03. The molecule has 1 aliphatic heterocycles. The van der Waals surface area contributed by atoms with Gasteiger partial charge in [0, 0.05) is 52.2 Å². The van der Waals surface area contributed by atoms with Gasteiger partial charge in [-0.3, -0.25) is 4.99 Å². The van der Waals surface area contributed by atoms with Gasteiger partial charge < -0.3 is 19.7 Å². The second-order valence-electron chi connectivity index (χ2n) is 5.94. The molecule has 1 aromatic heterocycles. The number of nitrogens with zero attached hydrogens (tertiary/aromatic N) is 4. The number of halogens is 1. The number of rotatable bonds is 3. The molecule has 1 aliphatic rings. The Morgan fingerprint density at radius 1 is 1.12 bits per heavy atom. The molecule has 128 valence electrons. The maximum absolute atomic E-state index is 13.9. The van der Waals surface area contributed by atoms with Crippen LogP contribution in [-0.2, 0) is 13.6 Å². The van der Waals surface area contributed by atoms with Gasteiger partial charge in [0.25, 0.3) is 0 Å². The molecule has 5 nitrogen and oxygen atoms in total. The van der Waals surface area contributed by atoms with E-state index in [0.29, 0.717) is 5.69 Å². The Labute approximate surface area is 142 Å². The van der Waals surface area contributed by atoms with E-state index in [0.717, 1.165) is 38.7 Å². The minimum absolute atomic E-state index is 0.155. The first-order valence-corrected chi connectivity index (χ1v) is 8.24. The van der Waals surface area contributed by atoms with E-state index in [1.165, 1.54) is 11.8 Å². The average Bonchev–Trinajstić information content (AvgIpc) is 3.02. The molecule has 3 rings (SSSR count). The largest absolute Gasteiger partial charge is 0.366 e. The monoisotopic (exact) mass is 329 g/mol. The minimum atomic E-state index is -0.155. The number of hydrogen-bond donors (Lipinski definition) is 1. The standard InChI is InChI=1S/C18H24FN5/c1-20-18(21-14-15-6-5-9-22(15)2)24-12-10-23(11-13-24)17-8-4-3-7-16(17)19/h3-9H,10-14H2,1-2H3,(H,20,21). The third kappa shape index (κ3) is 3.53. The number of nitrogens with one attached hydrogen (secondary N) is 1. The third-order valence-corrected chi connectivity index (χ3v) is 4.46. The van der Waals surface area contributed by atoms with Crippen LogP contribution in [0.3, 0.4) is 0 Å². The Hall–Kier alpha value is -2.50. The van der Waals surface area contributed by atoms with E-state index in [1.54, 1.807) is 13.1 Å². The van der Waals surface area contributed by atoms with E-state index in [-0.39, 0.29) is 5.82 Å². The predicted molar refractivity (Wildman–Crippen MR) is 95.8 cm³/mol. The molecule has 0 aliphatic carbocycles. The van der Waals surface area contributed by atoms with Crippen molar-refractivity contribution in [2.24, 2.45) is 12.0 Å². The van der Waals surface area contributed by atoms with Crippen molar-refractivity contribution < 1.29 is 4.39 Å². The van der Waals surface area contributed by atoms with Crippen molar-refractivity contribution in [1.82, 2.24) is 14.8 Å². The van der Waals surface area contributed by atoms with Crippen LogP contribution in [0.1, 0.15) is 5.69 Å². The quantitative estimate of drug-likeness (QED) is 0.692. The molecule has 0 spiro atoms. The van der Waals surface area contributed by atoms with Crippen LogP contribution in [0.15, 0.2) is 47.6 Å². The van der Waals surface area contributed by atoms with E-state index in [9.17, 15) is 4.39 Å². The van der Waals surface area contributed by atoms with Gasteiger partial charge in [-0.2, -0.15) is 0 Å². The Morgan fingerprint density at radius 2 is 1.88 bits per heavy atom. The number of para-hydroxylation sites is 1. The topological polar surface area (TPSA) is 35.8 Å². The maximum atomic E-state index is 13.9. The van der Waals surface area contributed by atoms with Crippen molar-refractivity contribution in [2.75, 3.05) is 38.1 Å². The molecule has 6 heteroatoms. The second kappa shape index (κ2) is 7.38. The Morgan fingerprint density at radius 3 is 2.50 bits per heavy atom. The molecule has 0 unspecified atom stereocenters. The number of anilines is 1. The van der Waals surface area contributed by atoms with Crippen LogP contribution < -0.4 is 10.2 Å². The molecule has 24 heavy (non-hydrogen) atoms. The van der Waals surface area contributed by atoms with Crippen LogP contribution in [0.25, 0.3) is 0 Å². The minimum Gasteiger partial charge on any atom is -0.366 e. The van der Waals surface area contributed by atoms with Crippen molar-refractivity contribution in [3.05, 3.63) is 54.1 Å². The van der Waals surface area contributed by atoms with Gasteiger partial charge in [0.05, 0.1) is 12.2 Å². The van der Waals surface area contributed by atoms with Gasteiger partial charge in [-0.15, -0.1) is 0 Å². The van der Waals surface area contributed by atoms with Crippen LogP contribution in [0, 0.1) is 5.82 Å². The van der Waals surface area contributed by atoms with Gasteiger partial charge in [-0.25, -0.2) is 4.39 Å². The second-order valence-corrected chi connectivity index (χ2v) is 5.94. The zero-order valence-electron chi connectivity index (χ0n) is 14.2. The summed E-state index contributed by atoms with van der Waals surface area (Å²) in [4.78, 5) is 8.70. The zero-order chi connectivity index (χ0) is 16.9. The molecule has 2 aromatic rings. The number of benzene rings is 1. The molecule has 1 aromatic carbocycles. The highest BCUT2D eigenvalue weighted by atomic mass is 19.1. The smallest absolute Gasteiger partial charge is 0.194 e. The first-order valence-electron chi connectivity index (χ1n) is 8.24. The summed E-state index contributed by atoms with van der Waals surface area (Å²) in [5, 5.41) is 3.41. The van der Waals surface area contributed by atoms with Gasteiger partial charge in [-0.05, 0) is 24.3 Å². The number of piperazine rings is 1. The average molecular weight is 329 g/mol. The summed E-state index contributed by atoms with van der Waals surface area (Å²) in [6.07, 6.45) is 2.03. The fourth-order valence-electron chi connectivity index (χ4n) is 3.05. The number of hydrogen-bond acceptors (Lipinski definition) is 2. The lowest BCUT2D eigenvalue weighted by Crippen LogP contribution is -2.52. The first kappa shape index (κ1) is 16.4. The van der Waals surface area contributed by atoms with Crippen LogP contribution in [-0.4, -0.2) is 48.7 Å². The molecular formula is C18H24FN5. The van der Waals surface area contributed by atoms with Crippen molar-refractivity contribution in [1.29, 1.82) is 0 Å². The fourth-order valence-corrected chi connectivity index (χ4v) is 3.05. The van der Waals surface area contributed by atoms with Gasteiger partial charge >= 0.3 is 0 Å². The lowest BCUT2D eigenvalue weighted by molar-refractivity contribution is 0.370. The van der Waals surface area contributed by atoms with Crippen LogP contribution in [0.4, 0.5) is 10.1 Å². The maximum Gasteiger partial charge on any atom is 0.194 e. The highest BCUT2D eigenvalue weighted by Crippen LogP contribution is 2.20. The molecule has 0 radical (unpaired) electrons. The fraction of sp³-hybridized carbons (Fsp3) is 0.389. The Bertz CT molecular complexity index is 701. The summed E-state index contributed by atoms with van der Waals surface area (Å²) >= 11 is 0. The SMILES string of the molecule is CN=C(NCc1cccn1C)N1CCN(c2ccccc2F)CC1. The summed E-state index contributed by atoms with van der Waals surface area (Å²) < 4.78 is 16.0. The van der Waals surface area contributed by atoms with E-state index in [4.69, 9.17) is 0 Å². The van der Waals surface area contributed by atoms with Crippen LogP contribution in [0.5, 0.6) is 0 Å². The molecule has 1 saturated heterocycles. The summed E-state index contributed by atoms with van der Waals surface area (Å²) in [5.41, 5.74) is 1.89. The third-order valence-electron chi connectivity index (χ3n) is 4.46. The molecule has 1 N–H and O–H groups in total. The predicted octanol–water partition coefficient (Wildman–Crippen LogP) is 2.06. The van der Waals surface area contributed by atoms with E-state index < -0.39 is 0 Å². The normalized spacial score (nSPS) is 15.7. The van der Waals surface area contributed by atoms with Gasteiger partial charge in [0.15, 0.2) is 5.96 Å². The lowest BCUT2D eigenvalue weighted by Gasteiger charge is -2.37. The van der Waals surface area contributed by atoms with Crippen molar-refractivity contribution in [3.8, 4) is 0 Å². The Balaban J connectivity index is 1.57. The van der Waals surface area contributed by atoms with Gasteiger partial charge in [0.1, 0.15) is 5.82 Å². The van der Waals surface area contributed by atoms with Crippen LogP contribution >= 0.6 is 0 Å². The lowest BCUT2D eigenvalue weighted by atomic mass is 10.2. The molecular weight excluding hydrogens is 305 g/mol. The van der Waals surface area contributed by atoms with Crippen molar-refractivity contribution >= 4 is 11.6 Å². The highest BCUT2D eigenvalue weighted by molar-refractivity contribution is 5.80. The highest BCUT2D eigenvalue weighted by Gasteiger charge is 2.21. The first-order chi connectivity index (χ1) is 11.7. The number of aliphatic imine (C=N–C) groups is 1. The number of guanidine groups is 1. The van der Waals surface area contributed by atoms with Crippen molar-refractivity contribution in [3.63, 3.8) is 0 Å². The zero-order valence-corrected chi connectivity index (χ0v) is 14.2. The summed E-state index contributed by atoms with van der Waals surface area (Å²) in [5.74, 6) is 0.738. The van der Waals surface area contributed by atoms with E-state index >= 15 is 0 Å².